The molecule has 0 spiro atoms. The van der Waals surface area contributed by atoms with Crippen molar-refractivity contribution in [3.05, 3.63) is 46.9 Å². The van der Waals surface area contributed by atoms with Crippen LogP contribution >= 0.6 is 11.6 Å². The van der Waals surface area contributed by atoms with E-state index in [-0.39, 0.29) is 16.8 Å². The number of ether oxygens (including phenoxy) is 2. The monoisotopic (exact) mass is 393 g/mol. The van der Waals surface area contributed by atoms with Crippen molar-refractivity contribution in [3.63, 3.8) is 0 Å². The van der Waals surface area contributed by atoms with E-state index in [2.05, 4.69) is 15.6 Å². The van der Waals surface area contributed by atoms with Crippen molar-refractivity contribution in [2.24, 2.45) is 0 Å². The molecule has 0 radical (unpaired) electrons. The first-order valence-corrected chi connectivity index (χ1v) is 9.20. The van der Waals surface area contributed by atoms with Crippen molar-refractivity contribution < 1.29 is 18.7 Å². The van der Waals surface area contributed by atoms with Gasteiger partial charge in [-0.25, -0.2) is 9.37 Å². The van der Waals surface area contributed by atoms with Crippen molar-refractivity contribution in [1.29, 1.82) is 0 Å². The fourth-order valence-corrected chi connectivity index (χ4v) is 2.96. The molecular weight excluding hydrogens is 373 g/mol. The van der Waals surface area contributed by atoms with Gasteiger partial charge in [-0.15, -0.1) is 0 Å². The smallest absolute Gasteiger partial charge is 0.275 e. The molecule has 8 heteroatoms. The normalized spacial score (nSPS) is 16.2. The van der Waals surface area contributed by atoms with E-state index in [1.54, 1.807) is 18.2 Å². The lowest BCUT2D eigenvalue weighted by Gasteiger charge is -2.13. The molecule has 2 aromatic rings. The molecule has 1 saturated heterocycles. The number of pyridine rings is 1. The van der Waals surface area contributed by atoms with E-state index in [9.17, 15) is 9.18 Å². The Morgan fingerprint density at radius 3 is 2.96 bits per heavy atom. The summed E-state index contributed by atoms with van der Waals surface area (Å²) in [5.41, 5.74) is 0.682. The van der Waals surface area contributed by atoms with Crippen LogP contribution in [0, 0.1) is 5.82 Å². The van der Waals surface area contributed by atoms with E-state index < -0.39 is 11.7 Å². The summed E-state index contributed by atoms with van der Waals surface area (Å²) in [5, 5.41) is 5.82. The summed E-state index contributed by atoms with van der Waals surface area (Å²) in [6.45, 7) is 3.53. The number of carbonyl (C=O) groups excluding carboxylic acids is 1. The Balaban J connectivity index is 1.65. The largest absolute Gasteiger partial charge is 0.478 e. The first-order chi connectivity index (χ1) is 13.1. The molecule has 3 rings (SSSR count). The maximum absolute atomic E-state index is 14.3. The standard InChI is InChI=1S/C19H21ClFN3O3/c1-2-26-17-8-6-14(20)18(24-17)19(25)23-12-5-7-16(15(21)10-12)22-11-13-4-3-9-27-13/h5-8,10,13,22H,2-4,9,11H2,1H3,(H,23,25). The van der Waals surface area contributed by atoms with Crippen LogP contribution in [0.3, 0.4) is 0 Å². The SMILES string of the molecule is CCOc1ccc(Cl)c(C(=O)Nc2ccc(NCC3CCCO3)c(F)c2)n1. The van der Waals surface area contributed by atoms with E-state index in [1.807, 2.05) is 6.92 Å². The predicted octanol–water partition coefficient (Wildman–Crippen LogP) is 4.12. The van der Waals surface area contributed by atoms with Gasteiger partial charge < -0.3 is 20.1 Å². The fourth-order valence-electron chi connectivity index (χ4n) is 2.77. The average molecular weight is 394 g/mol. The Kier molecular flexibility index (Phi) is 6.47. The number of aromatic nitrogens is 1. The molecule has 6 nitrogen and oxygen atoms in total. The quantitative estimate of drug-likeness (QED) is 0.740. The molecular formula is C19H21ClFN3O3. The predicted molar refractivity (Wildman–Crippen MR) is 102 cm³/mol. The van der Waals surface area contributed by atoms with Crippen LogP contribution in [0.25, 0.3) is 0 Å². The second-order valence-corrected chi connectivity index (χ2v) is 6.48. The summed E-state index contributed by atoms with van der Waals surface area (Å²) in [5.74, 6) is -0.708. The van der Waals surface area contributed by atoms with Crippen LogP contribution < -0.4 is 15.4 Å². The van der Waals surface area contributed by atoms with Crippen LogP contribution in [0.5, 0.6) is 5.88 Å². The summed E-state index contributed by atoms with van der Waals surface area (Å²) in [7, 11) is 0. The fraction of sp³-hybridized carbons (Fsp3) is 0.368. The molecule has 144 valence electrons. The van der Waals surface area contributed by atoms with Crippen molar-refractivity contribution in [3.8, 4) is 5.88 Å². The molecule has 2 N–H and O–H groups in total. The lowest BCUT2D eigenvalue weighted by atomic mass is 10.2. The summed E-state index contributed by atoms with van der Waals surface area (Å²) in [6, 6.07) is 7.55. The van der Waals surface area contributed by atoms with E-state index in [4.69, 9.17) is 21.1 Å². The van der Waals surface area contributed by atoms with Crippen molar-refractivity contribution >= 4 is 28.9 Å². The number of hydrogen-bond donors (Lipinski definition) is 2. The molecule has 0 aliphatic carbocycles. The number of carbonyl (C=O) groups is 1. The second kappa shape index (κ2) is 9.01. The van der Waals surface area contributed by atoms with Crippen molar-refractivity contribution in [1.82, 2.24) is 4.98 Å². The van der Waals surface area contributed by atoms with Gasteiger partial charge in [0.25, 0.3) is 5.91 Å². The van der Waals surface area contributed by atoms with Gasteiger partial charge in [-0.2, -0.15) is 0 Å². The van der Waals surface area contributed by atoms with Crippen LogP contribution in [-0.4, -0.2) is 36.8 Å². The number of rotatable bonds is 7. The summed E-state index contributed by atoms with van der Waals surface area (Å²) in [6.07, 6.45) is 2.10. The maximum Gasteiger partial charge on any atom is 0.275 e. The Morgan fingerprint density at radius 1 is 1.41 bits per heavy atom. The summed E-state index contributed by atoms with van der Waals surface area (Å²) < 4.78 is 25.1. The molecule has 1 aliphatic rings. The Bertz CT molecular complexity index is 813. The lowest BCUT2D eigenvalue weighted by molar-refractivity contribution is 0.102. The van der Waals surface area contributed by atoms with Gasteiger partial charge in [-0.05, 0) is 44.0 Å². The molecule has 1 atom stereocenters. The summed E-state index contributed by atoms with van der Waals surface area (Å²) in [4.78, 5) is 16.5. The summed E-state index contributed by atoms with van der Waals surface area (Å²) >= 11 is 6.04. The number of nitrogens with one attached hydrogen (secondary N) is 2. The highest BCUT2D eigenvalue weighted by molar-refractivity contribution is 6.34. The third kappa shape index (κ3) is 5.08. The molecule has 1 unspecified atom stereocenters. The topological polar surface area (TPSA) is 72.5 Å². The van der Waals surface area contributed by atoms with Crippen LogP contribution in [0.4, 0.5) is 15.8 Å². The number of hydrogen-bond acceptors (Lipinski definition) is 5. The third-order valence-corrected chi connectivity index (χ3v) is 4.40. The van der Waals surface area contributed by atoms with E-state index in [0.29, 0.717) is 30.4 Å². The van der Waals surface area contributed by atoms with Crippen LogP contribution in [0.15, 0.2) is 30.3 Å². The van der Waals surface area contributed by atoms with E-state index >= 15 is 0 Å². The molecule has 1 aromatic carbocycles. The zero-order valence-corrected chi connectivity index (χ0v) is 15.7. The van der Waals surface area contributed by atoms with Gasteiger partial charge in [0.05, 0.1) is 23.4 Å². The Labute approximate surface area is 162 Å². The minimum absolute atomic E-state index is 0.0172. The van der Waals surface area contributed by atoms with E-state index in [0.717, 1.165) is 19.4 Å². The highest BCUT2D eigenvalue weighted by Gasteiger charge is 2.17. The first kappa shape index (κ1) is 19.4. The average Bonchev–Trinajstić information content (AvgIpc) is 3.16. The molecule has 1 aromatic heterocycles. The Morgan fingerprint density at radius 2 is 2.26 bits per heavy atom. The minimum atomic E-state index is -0.541. The first-order valence-electron chi connectivity index (χ1n) is 8.82. The minimum Gasteiger partial charge on any atom is -0.478 e. The van der Waals surface area contributed by atoms with Gasteiger partial charge >= 0.3 is 0 Å². The Hall–Kier alpha value is -2.38. The third-order valence-electron chi connectivity index (χ3n) is 4.10. The number of halogens is 2. The zero-order valence-electron chi connectivity index (χ0n) is 14.9. The van der Waals surface area contributed by atoms with E-state index in [1.165, 1.54) is 12.1 Å². The van der Waals surface area contributed by atoms with Crippen LogP contribution in [-0.2, 0) is 4.74 Å². The number of anilines is 2. The van der Waals surface area contributed by atoms with Crippen molar-refractivity contribution in [2.75, 3.05) is 30.4 Å². The number of amides is 1. The molecule has 27 heavy (non-hydrogen) atoms. The molecule has 1 aliphatic heterocycles. The maximum atomic E-state index is 14.3. The van der Waals surface area contributed by atoms with Gasteiger partial charge in [0, 0.05) is 24.9 Å². The number of benzene rings is 1. The van der Waals surface area contributed by atoms with Crippen LogP contribution in [0.2, 0.25) is 5.02 Å². The van der Waals surface area contributed by atoms with Gasteiger partial charge in [0.2, 0.25) is 5.88 Å². The van der Waals surface area contributed by atoms with Gasteiger partial charge in [-0.1, -0.05) is 11.6 Å². The van der Waals surface area contributed by atoms with Crippen molar-refractivity contribution in [2.45, 2.75) is 25.9 Å². The van der Waals surface area contributed by atoms with Crippen LogP contribution in [0.1, 0.15) is 30.3 Å². The highest BCUT2D eigenvalue weighted by Crippen LogP contribution is 2.23. The van der Waals surface area contributed by atoms with Gasteiger partial charge in [0.1, 0.15) is 5.82 Å². The molecule has 1 fully saturated rings. The molecule has 0 saturated carbocycles. The molecule has 1 amide bonds. The molecule has 2 heterocycles. The zero-order chi connectivity index (χ0) is 19.2. The van der Waals surface area contributed by atoms with Gasteiger partial charge in [0.15, 0.2) is 5.69 Å². The number of nitrogens with zero attached hydrogens (tertiary/aromatic N) is 1. The second-order valence-electron chi connectivity index (χ2n) is 6.08. The van der Waals surface area contributed by atoms with Gasteiger partial charge in [-0.3, -0.25) is 4.79 Å². The molecule has 0 bridgehead atoms. The highest BCUT2D eigenvalue weighted by atomic mass is 35.5. The lowest BCUT2D eigenvalue weighted by Crippen LogP contribution is -2.19.